The van der Waals surface area contributed by atoms with Gasteiger partial charge in [-0.05, 0) is 72.9 Å². The van der Waals surface area contributed by atoms with Crippen LogP contribution in [0.1, 0.15) is 42.0 Å². The van der Waals surface area contributed by atoms with Crippen molar-refractivity contribution in [1.82, 2.24) is 0 Å². The molecule has 0 atom stereocenters. The zero-order chi connectivity index (χ0) is 28.7. The van der Waals surface area contributed by atoms with Crippen molar-refractivity contribution in [2.45, 2.75) is 32.8 Å². The number of carbonyl (C=O) groups is 1. The average Bonchev–Trinajstić information content (AvgIpc) is 2.96. The number of nitro benzene ring substituents is 1. The number of esters is 1. The monoisotopic (exact) mass is 584 g/mol. The van der Waals surface area contributed by atoms with Gasteiger partial charge in [-0.2, -0.15) is 0 Å². The molecule has 212 valence electrons. The molecular formula is C31H34Cl2N2O5. The van der Waals surface area contributed by atoms with Gasteiger partial charge in [-0.25, -0.2) is 0 Å². The molecule has 9 heteroatoms. The number of nitrogens with zero attached hydrogens (tertiary/aromatic N) is 2. The second-order valence-corrected chi connectivity index (χ2v) is 9.78. The lowest BCUT2D eigenvalue weighted by Gasteiger charge is -2.23. The van der Waals surface area contributed by atoms with Gasteiger partial charge < -0.3 is 14.4 Å². The minimum Gasteiger partial charge on any atom is -0.494 e. The zero-order valence-electron chi connectivity index (χ0n) is 22.6. The largest absolute Gasteiger partial charge is 0.494 e. The van der Waals surface area contributed by atoms with E-state index >= 15 is 0 Å². The van der Waals surface area contributed by atoms with Gasteiger partial charge in [-0.15, -0.1) is 23.2 Å². The van der Waals surface area contributed by atoms with Crippen molar-refractivity contribution in [2.75, 3.05) is 36.4 Å². The Kier molecular flexibility index (Phi) is 12.8. The molecule has 0 N–H and O–H groups in total. The van der Waals surface area contributed by atoms with E-state index in [4.69, 9.17) is 32.7 Å². The molecule has 0 bridgehead atoms. The second-order valence-electron chi connectivity index (χ2n) is 9.03. The topological polar surface area (TPSA) is 81.9 Å². The molecule has 0 saturated heterocycles. The van der Waals surface area contributed by atoms with Crippen molar-refractivity contribution < 1.29 is 19.2 Å². The molecule has 0 aromatic heterocycles. The Balaban J connectivity index is 1.53. The van der Waals surface area contributed by atoms with Crippen molar-refractivity contribution in [2.24, 2.45) is 0 Å². The number of ether oxygens (including phenoxy) is 2. The van der Waals surface area contributed by atoms with E-state index in [2.05, 4.69) is 4.90 Å². The fourth-order valence-corrected chi connectivity index (χ4v) is 4.56. The molecule has 0 fully saturated rings. The first-order valence-electron chi connectivity index (χ1n) is 13.2. The van der Waals surface area contributed by atoms with Crippen LogP contribution in [0.15, 0.2) is 66.7 Å². The number of rotatable bonds is 16. The van der Waals surface area contributed by atoms with Crippen LogP contribution in [-0.4, -0.2) is 42.3 Å². The van der Waals surface area contributed by atoms with Gasteiger partial charge in [0, 0.05) is 43.0 Å². The van der Waals surface area contributed by atoms with Gasteiger partial charge >= 0.3 is 5.97 Å². The Morgan fingerprint density at radius 2 is 1.60 bits per heavy atom. The first kappa shape index (κ1) is 31.0. The summed E-state index contributed by atoms with van der Waals surface area (Å²) >= 11 is 11.8. The normalized spacial score (nSPS) is 11.0. The van der Waals surface area contributed by atoms with Gasteiger partial charge in [-0.3, -0.25) is 14.9 Å². The molecule has 0 heterocycles. The summed E-state index contributed by atoms with van der Waals surface area (Å²) in [5, 5.41) is 11.5. The van der Waals surface area contributed by atoms with Crippen molar-refractivity contribution in [3.05, 3.63) is 99.1 Å². The van der Waals surface area contributed by atoms with E-state index < -0.39 is 10.9 Å². The standard InChI is InChI=1S/C31H34Cl2N2O5/c1-2-39-29-15-10-25(11-16-29)6-7-26-12-17-30(35(37)38)27(22-26)23-40-31(36)5-3-4-24-8-13-28(14-9-24)34(20-18-32)21-19-33/h6-17,22H,2-5,18-21,23H2,1H3/b7-6+. The number of nitro groups is 1. The summed E-state index contributed by atoms with van der Waals surface area (Å²) in [6, 6.07) is 20.6. The Morgan fingerprint density at radius 3 is 2.23 bits per heavy atom. The summed E-state index contributed by atoms with van der Waals surface area (Å²) in [5.74, 6) is 1.45. The second kappa shape index (κ2) is 16.5. The van der Waals surface area contributed by atoms with E-state index in [-0.39, 0.29) is 18.7 Å². The third-order valence-corrected chi connectivity index (χ3v) is 6.54. The Hall–Kier alpha value is -3.55. The van der Waals surface area contributed by atoms with Crippen molar-refractivity contribution in [3.63, 3.8) is 0 Å². The Morgan fingerprint density at radius 1 is 0.950 bits per heavy atom. The molecule has 0 unspecified atom stereocenters. The maximum Gasteiger partial charge on any atom is 0.306 e. The van der Waals surface area contributed by atoms with E-state index in [1.807, 2.05) is 67.6 Å². The zero-order valence-corrected chi connectivity index (χ0v) is 24.1. The van der Waals surface area contributed by atoms with E-state index in [0.717, 1.165) is 41.2 Å². The highest BCUT2D eigenvalue weighted by Gasteiger charge is 2.16. The van der Waals surface area contributed by atoms with Crippen molar-refractivity contribution >= 4 is 52.7 Å². The maximum atomic E-state index is 12.4. The van der Waals surface area contributed by atoms with Crippen LogP contribution in [0, 0.1) is 10.1 Å². The van der Waals surface area contributed by atoms with E-state index in [1.165, 1.54) is 6.07 Å². The summed E-state index contributed by atoms with van der Waals surface area (Å²) in [6.45, 7) is 3.81. The fraction of sp³-hybridized carbons (Fsp3) is 0.323. The van der Waals surface area contributed by atoms with Crippen LogP contribution in [0.2, 0.25) is 0 Å². The van der Waals surface area contributed by atoms with Gasteiger partial charge in [-0.1, -0.05) is 36.4 Å². The predicted molar refractivity (Wildman–Crippen MR) is 162 cm³/mol. The molecule has 0 amide bonds. The number of hydrogen-bond acceptors (Lipinski definition) is 6. The third kappa shape index (κ3) is 9.88. The number of anilines is 1. The summed E-state index contributed by atoms with van der Waals surface area (Å²) in [4.78, 5) is 25.6. The molecule has 3 rings (SSSR count). The number of aryl methyl sites for hydroxylation is 1. The molecule has 0 aliphatic carbocycles. The van der Waals surface area contributed by atoms with E-state index in [9.17, 15) is 14.9 Å². The van der Waals surface area contributed by atoms with Crippen LogP contribution in [-0.2, 0) is 22.6 Å². The van der Waals surface area contributed by atoms with Crippen LogP contribution >= 0.6 is 23.2 Å². The maximum absolute atomic E-state index is 12.4. The van der Waals surface area contributed by atoms with Crippen LogP contribution in [0.25, 0.3) is 12.2 Å². The third-order valence-electron chi connectivity index (χ3n) is 6.20. The van der Waals surface area contributed by atoms with E-state index in [0.29, 0.717) is 36.8 Å². The van der Waals surface area contributed by atoms with Gasteiger partial charge in [0.1, 0.15) is 12.4 Å². The first-order valence-corrected chi connectivity index (χ1v) is 14.3. The number of halogens is 2. The van der Waals surface area contributed by atoms with Crippen LogP contribution < -0.4 is 9.64 Å². The minimum absolute atomic E-state index is 0.0801. The number of benzene rings is 3. The molecule has 0 aliphatic heterocycles. The number of carbonyl (C=O) groups excluding carboxylic acids is 1. The minimum atomic E-state index is -0.464. The fourth-order valence-electron chi connectivity index (χ4n) is 4.15. The molecule has 3 aromatic carbocycles. The highest BCUT2D eigenvalue weighted by Crippen LogP contribution is 2.23. The lowest BCUT2D eigenvalue weighted by molar-refractivity contribution is -0.385. The molecule has 0 spiro atoms. The molecule has 40 heavy (non-hydrogen) atoms. The average molecular weight is 586 g/mol. The lowest BCUT2D eigenvalue weighted by atomic mass is 10.1. The molecule has 0 radical (unpaired) electrons. The number of alkyl halides is 2. The summed E-state index contributed by atoms with van der Waals surface area (Å²) in [7, 11) is 0. The quantitative estimate of drug-likeness (QED) is 0.0569. The van der Waals surface area contributed by atoms with Gasteiger partial charge in [0.2, 0.25) is 0 Å². The molecule has 0 aliphatic rings. The molecule has 3 aromatic rings. The summed E-state index contributed by atoms with van der Waals surface area (Å²) < 4.78 is 10.9. The Labute approximate surface area is 245 Å². The smallest absolute Gasteiger partial charge is 0.306 e. The summed E-state index contributed by atoms with van der Waals surface area (Å²) in [5.41, 5.74) is 4.17. The van der Waals surface area contributed by atoms with Crippen molar-refractivity contribution in [3.8, 4) is 5.75 Å². The lowest BCUT2D eigenvalue weighted by Crippen LogP contribution is -2.27. The van der Waals surface area contributed by atoms with Gasteiger partial charge in [0.25, 0.3) is 5.69 Å². The summed E-state index contributed by atoms with van der Waals surface area (Å²) in [6.07, 6.45) is 5.31. The first-order chi connectivity index (χ1) is 19.4. The van der Waals surface area contributed by atoms with Gasteiger partial charge in [0.15, 0.2) is 0 Å². The molecule has 7 nitrogen and oxygen atoms in total. The predicted octanol–water partition coefficient (Wildman–Crippen LogP) is 7.51. The van der Waals surface area contributed by atoms with E-state index in [1.54, 1.807) is 12.1 Å². The number of hydrogen-bond donors (Lipinski definition) is 0. The highest BCUT2D eigenvalue weighted by molar-refractivity contribution is 6.18. The highest BCUT2D eigenvalue weighted by atomic mass is 35.5. The van der Waals surface area contributed by atoms with Gasteiger partial charge in [0.05, 0.1) is 17.1 Å². The van der Waals surface area contributed by atoms with Crippen LogP contribution in [0.3, 0.4) is 0 Å². The SMILES string of the molecule is CCOc1ccc(/C=C/c2ccc([N+](=O)[O-])c(COC(=O)CCCc3ccc(N(CCCl)CCCl)cc3)c2)cc1. The van der Waals surface area contributed by atoms with Crippen molar-refractivity contribution in [1.29, 1.82) is 0 Å². The molecule has 0 saturated carbocycles. The van der Waals surface area contributed by atoms with Crippen LogP contribution in [0.4, 0.5) is 11.4 Å². The van der Waals surface area contributed by atoms with Crippen LogP contribution in [0.5, 0.6) is 5.75 Å². The Bertz CT molecular complexity index is 1260. The molecular weight excluding hydrogens is 551 g/mol.